The van der Waals surface area contributed by atoms with Crippen molar-refractivity contribution in [3.8, 4) is 5.75 Å². The van der Waals surface area contributed by atoms with Crippen LogP contribution in [-0.4, -0.2) is 24.1 Å². The van der Waals surface area contributed by atoms with Crippen molar-refractivity contribution in [3.05, 3.63) is 24.3 Å². The molecule has 2 rings (SSSR count). The number of carbonyl (C=O) groups excluding carboxylic acids is 1. The van der Waals surface area contributed by atoms with Crippen LogP contribution in [-0.2, 0) is 9.59 Å². The van der Waals surface area contributed by atoms with Gasteiger partial charge in [-0.15, -0.1) is 0 Å². The van der Waals surface area contributed by atoms with Gasteiger partial charge in [0, 0.05) is 6.42 Å². The molecule has 120 valence electrons. The molecule has 1 saturated carbocycles. The van der Waals surface area contributed by atoms with E-state index in [-0.39, 0.29) is 18.7 Å². The number of carboxylic acids is 1. The Balaban J connectivity index is 2.06. The van der Waals surface area contributed by atoms with E-state index in [4.69, 9.17) is 9.84 Å². The molecule has 1 aliphatic rings. The Morgan fingerprint density at radius 1 is 1.18 bits per heavy atom. The van der Waals surface area contributed by atoms with E-state index in [1.807, 2.05) is 12.1 Å². The maximum atomic E-state index is 12.4. The number of methoxy groups -OCH3 is 1. The molecule has 0 radical (unpaired) electrons. The molecule has 5 nitrogen and oxygen atoms in total. The largest absolute Gasteiger partial charge is 0.495 e. The summed E-state index contributed by atoms with van der Waals surface area (Å²) in [5.41, 5.74) is 0.215. The molecule has 1 fully saturated rings. The van der Waals surface area contributed by atoms with Crippen molar-refractivity contribution in [2.45, 2.75) is 44.9 Å². The number of hydrogen-bond donors (Lipinski definition) is 2. The quantitative estimate of drug-likeness (QED) is 0.844. The highest BCUT2D eigenvalue weighted by Gasteiger charge is 2.36. The lowest BCUT2D eigenvalue weighted by atomic mass is 9.69. The fraction of sp³-hybridized carbons (Fsp3) is 0.529. The maximum absolute atomic E-state index is 12.4. The third-order valence-electron chi connectivity index (χ3n) is 4.36. The SMILES string of the molecule is COc1ccccc1NC(=O)CC1(CC(=O)O)CCCCC1. The lowest BCUT2D eigenvalue weighted by Crippen LogP contribution is -2.32. The number of nitrogens with one attached hydrogen (secondary N) is 1. The van der Waals surface area contributed by atoms with Crippen LogP contribution in [0.25, 0.3) is 0 Å². The van der Waals surface area contributed by atoms with E-state index in [0.29, 0.717) is 11.4 Å². The van der Waals surface area contributed by atoms with Gasteiger partial charge in [-0.05, 0) is 30.4 Å². The second-order valence-electron chi connectivity index (χ2n) is 6.06. The van der Waals surface area contributed by atoms with Crippen LogP contribution < -0.4 is 10.1 Å². The van der Waals surface area contributed by atoms with Crippen LogP contribution in [0.4, 0.5) is 5.69 Å². The summed E-state index contributed by atoms with van der Waals surface area (Å²) in [6, 6.07) is 7.22. The van der Waals surface area contributed by atoms with E-state index >= 15 is 0 Å². The van der Waals surface area contributed by atoms with Gasteiger partial charge >= 0.3 is 5.97 Å². The molecular formula is C17H23NO4. The summed E-state index contributed by atoms with van der Waals surface area (Å²) in [6.45, 7) is 0. The summed E-state index contributed by atoms with van der Waals surface area (Å²) >= 11 is 0. The Kier molecular flexibility index (Phi) is 5.41. The molecule has 0 aliphatic heterocycles. The summed E-state index contributed by atoms with van der Waals surface area (Å²) in [5.74, 6) is -0.369. The molecule has 0 unspecified atom stereocenters. The number of anilines is 1. The minimum atomic E-state index is -0.827. The van der Waals surface area contributed by atoms with E-state index in [2.05, 4.69) is 5.32 Å². The van der Waals surface area contributed by atoms with Crippen LogP contribution in [0.2, 0.25) is 0 Å². The average molecular weight is 305 g/mol. The van der Waals surface area contributed by atoms with E-state index in [1.165, 1.54) is 0 Å². The first-order valence-corrected chi connectivity index (χ1v) is 7.69. The summed E-state index contributed by atoms with van der Waals surface area (Å²) in [7, 11) is 1.55. The molecule has 1 aliphatic carbocycles. The predicted octanol–water partition coefficient (Wildman–Crippen LogP) is 3.45. The second kappa shape index (κ2) is 7.29. The summed E-state index contributed by atoms with van der Waals surface area (Å²) in [6.07, 6.45) is 5.03. The molecule has 2 N–H and O–H groups in total. The highest BCUT2D eigenvalue weighted by atomic mass is 16.5. The number of para-hydroxylation sites is 2. The van der Waals surface area contributed by atoms with Gasteiger partial charge in [-0.2, -0.15) is 0 Å². The van der Waals surface area contributed by atoms with E-state index in [9.17, 15) is 9.59 Å². The van der Waals surface area contributed by atoms with Gasteiger partial charge in [-0.25, -0.2) is 0 Å². The summed E-state index contributed by atoms with van der Waals surface area (Å²) < 4.78 is 5.22. The van der Waals surface area contributed by atoms with Crippen molar-refractivity contribution in [2.75, 3.05) is 12.4 Å². The van der Waals surface area contributed by atoms with Gasteiger partial charge in [-0.1, -0.05) is 31.4 Å². The third kappa shape index (κ3) is 4.23. The molecule has 0 atom stereocenters. The number of hydrogen-bond acceptors (Lipinski definition) is 3. The monoisotopic (exact) mass is 305 g/mol. The van der Waals surface area contributed by atoms with Crippen LogP contribution in [0.15, 0.2) is 24.3 Å². The van der Waals surface area contributed by atoms with E-state index in [1.54, 1.807) is 19.2 Å². The minimum absolute atomic E-state index is 0.0618. The van der Waals surface area contributed by atoms with Crippen molar-refractivity contribution in [2.24, 2.45) is 5.41 Å². The van der Waals surface area contributed by atoms with Gasteiger partial charge in [0.1, 0.15) is 5.75 Å². The number of ether oxygens (including phenoxy) is 1. The van der Waals surface area contributed by atoms with Gasteiger partial charge < -0.3 is 15.2 Å². The second-order valence-corrected chi connectivity index (χ2v) is 6.06. The zero-order chi connectivity index (χ0) is 16.0. The Morgan fingerprint density at radius 3 is 2.50 bits per heavy atom. The van der Waals surface area contributed by atoms with Crippen molar-refractivity contribution < 1.29 is 19.4 Å². The zero-order valence-corrected chi connectivity index (χ0v) is 12.9. The number of carboxylic acid groups (broad SMARTS) is 1. The summed E-state index contributed by atoms with van der Waals surface area (Å²) in [5, 5.41) is 12.0. The number of rotatable bonds is 6. The lowest BCUT2D eigenvalue weighted by molar-refractivity contribution is -0.140. The molecule has 1 aromatic rings. The molecule has 0 saturated heterocycles. The van der Waals surface area contributed by atoms with Crippen LogP contribution in [0.1, 0.15) is 44.9 Å². The highest BCUT2D eigenvalue weighted by molar-refractivity contribution is 5.93. The van der Waals surface area contributed by atoms with Crippen molar-refractivity contribution in [1.82, 2.24) is 0 Å². The Hall–Kier alpha value is -2.04. The first-order chi connectivity index (χ1) is 10.5. The fourth-order valence-corrected chi connectivity index (χ4v) is 3.32. The molecular weight excluding hydrogens is 282 g/mol. The standard InChI is InChI=1S/C17H23NO4/c1-22-14-8-4-3-7-13(14)18-15(19)11-17(12-16(20)21)9-5-2-6-10-17/h3-4,7-8H,2,5-6,9-12H2,1H3,(H,18,19)(H,20,21). The smallest absolute Gasteiger partial charge is 0.303 e. The van der Waals surface area contributed by atoms with Gasteiger partial charge in [0.15, 0.2) is 0 Å². The molecule has 0 aromatic heterocycles. The number of benzene rings is 1. The zero-order valence-electron chi connectivity index (χ0n) is 12.9. The predicted molar refractivity (Wildman–Crippen MR) is 84.0 cm³/mol. The number of amides is 1. The Bertz CT molecular complexity index is 535. The van der Waals surface area contributed by atoms with Crippen molar-refractivity contribution >= 4 is 17.6 Å². The van der Waals surface area contributed by atoms with Gasteiger partial charge in [0.2, 0.25) is 5.91 Å². The van der Waals surface area contributed by atoms with Gasteiger partial charge in [0.25, 0.3) is 0 Å². The third-order valence-corrected chi connectivity index (χ3v) is 4.36. The van der Waals surface area contributed by atoms with Crippen LogP contribution in [0, 0.1) is 5.41 Å². The van der Waals surface area contributed by atoms with Crippen LogP contribution in [0.3, 0.4) is 0 Å². The molecule has 1 amide bonds. The van der Waals surface area contributed by atoms with Crippen LogP contribution in [0.5, 0.6) is 5.75 Å². The topological polar surface area (TPSA) is 75.6 Å². The maximum Gasteiger partial charge on any atom is 0.303 e. The van der Waals surface area contributed by atoms with Gasteiger partial charge in [-0.3, -0.25) is 9.59 Å². The molecule has 0 heterocycles. The fourth-order valence-electron chi connectivity index (χ4n) is 3.32. The van der Waals surface area contributed by atoms with E-state index < -0.39 is 11.4 Å². The number of aliphatic carboxylic acids is 1. The Morgan fingerprint density at radius 2 is 1.86 bits per heavy atom. The molecule has 1 aromatic carbocycles. The molecule has 0 spiro atoms. The highest BCUT2D eigenvalue weighted by Crippen LogP contribution is 2.42. The first-order valence-electron chi connectivity index (χ1n) is 7.69. The lowest BCUT2D eigenvalue weighted by Gasteiger charge is -2.35. The van der Waals surface area contributed by atoms with Crippen LogP contribution >= 0.6 is 0 Å². The summed E-state index contributed by atoms with van der Waals surface area (Å²) in [4.78, 5) is 23.5. The Labute approximate surface area is 130 Å². The first kappa shape index (κ1) is 16.3. The molecule has 0 bridgehead atoms. The number of carbonyl (C=O) groups is 2. The normalized spacial score (nSPS) is 16.8. The van der Waals surface area contributed by atoms with Crippen molar-refractivity contribution in [1.29, 1.82) is 0 Å². The van der Waals surface area contributed by atoms with E-state index in [0.717, 1.165) is 32.1 Å². The van der Waals surface area contributed by atoms with Crippen molar-refractivity contribution in [3.63, 3.8) is 0 Å². The average Bonchev–Trinajstić information content (AvgIpc) is 2.47. The van der Waals surface area contributed by atoms with Gasteiger partial charge in [0.05, 0.1) is 19.2 Å². The molecule has 22 heavy (non-hydrogen) atoms. The minimum Gasteiger partial charge on any atom is -0.495 e. The molecule has 5 heteroatoms.